The van der Waals surface area contributed by atoms with Crippen molar-refractivity contribution < 1.29 is 14.3 Å². The Kier molecular flexibility index (Phi) is 3.19. The number of rotatable bonds is 4. The van der Waals surface area contributed by atoms with E-state index >= 15 is 0 Å². The van der Waals surface area contributed by atoms with Crippen LogP contribution in [0.15, 0.2) is 10.7 Å². The zero-order valence-electron chi connectivity index (χ0n) is 9.25. The van der Waals surface area contributed by atoms with E-state index in [0.717, 1.165) is 12.8 Å². The van der Waals surface area contributed by atoms with Crippen LogP contribution in [0.4, 0.5) is 0 Å². The molecule has 0 unspecified atom stereocenters. The van der Waals surface area contributed by atoms with Gasteiger partial charge in [-0.15, -0.1) is 0 Å². The molecule has 0 atom stereocenters. The zero-order chi connectivity index (χ0) is 12.5. The number of ether oxygens (including phenoxy) is 1. The zero-order valence-corrected chi connectivity index (χ0v) is 10.8. The van der Waals surface area contributed by atoms with Crippen LogP contribution < -0.4 is 5.32 Å². The number of carbonyl (C=O) groups excluding carboxylic acids is 2. The molecule has 1 aromatic rings. The summed E-state index contributed by atoms with van der Waals surface area (Å²) in [6.45, 7) is 0.295. The minimum atomic E-state index is -0.516. The third-order valence-corrected chi connectivity index (χ3v) is 3.24. The number of methoxy groups -OCH3 is 1. The van der Waals surface area contributed by atoms with Crippen LogP contribution in [0.5, 0.6) is 0 Å². The number of nitrogens with one attached hydrogen (secondary N) is 2. The van der Waals surface area contributed by atoms with Crippen molar-refractivity contribution in [2.45, 2.75) is 12.8 Å². The van der Waals surface area contributed by atoms with Gasteiger partial charge in [0.05, 0.1) is 12.5 Å². The minimum Gasteiger partial charge on any atom is -0.469 e. The van der Waals surface area contributed by atoms with Crippen molar-refractivity contribution in [3.63, 3.8) is 0 Å². The summed E-state index contributed by atoms with van der Waals surface area (Å²) in [6.07, 6.45) is 1.51. The maximum atomic E-state index is 11.7. The van der Waals surface area contributed by atoms with Gasteiger partial charge in [0.15, 0.2) is 5.69 Å². The number of halogens is 1. The molecule has 2 N–H and O–H groups in total. The molecular formula is C10H12BrN3O3. The van der Waals surface area contributed by atoms with E-state index in [0.29, 0.717) is 11.1 Å². The average Bonchev–Trinajstić information content (AvgIpc) is 3.00. The first-order valence-electron chi connectivity index (χ1n) is 5.15. The molecule has 7 heteroatoms. The summed E-state index contributed by atoms with van der Waals surface area (Å²) < 4.78 is 5.34. The van der Waals surface area contributed by atoms with Crippen molar-refractivity contribution in [2.24, 2.45) is 5.41 Å². The van der Waals surface area contributed by atoms with E-state index in [9.17, 15) is 9.59 Å². The largest absolute Gasteiger partial charge is 0.469 e. The Balaban J connectivity index is 1.91. The normalized spacial score (nSPS) is 16.4. The Labute approximate surface area is 106 Å². The van der Waals surface area contributed by atoms with Gasteiger partial charge >= 0.3 is 5.97 Å². The molecule has 6 nitrogen and oxygen atoms in total. The molecule has 1 aliphatic carbocycles. The van der Waals surface area contributed by atoms with Crippen LogP contribution in [0, 0.1) is 5.41 Å². The monoisotopic (exact) mass is 301 g/mol. The van der Waals surface area contributed by atoms with E-state index in [1.54, 1.807) is 6.07 Å². The molecule has 1 aromatic heterocycles. The van der Waals surface area contributed by atoms with E-state index in [2.05, 4.69) is 31.4 Å². The van der Waals surface area contributed by atoms with Crippen molar-refractivity contribution in [1.82, 2.24) is 15.5 Å². The fourth-order valence-corrected chi connectivity index (χ4v) is 1.88. The Morgan fingerprint density at radius 3 is 2.82 bits per heavy atom. The molecule has 0 spiro atoms. The molecule has 1 fully saturated rings. The lowest BCUT2D eigenvalue weighted by Gasteiger charge is -2.12. The summed E-state index contributed by atoms with van der Waals surface area (Å²) in [5.74, 6) is -0.567. The first-order valence-corrected chi connectivity index (χ1v) is 5.94. The lowest BCUT2D eigenvalue weighted by atomic mass is 10.1. The molecule has 0 aromatic carbocycles. The van der Waals surface area contributed by atoms with Crippen LogP contribution in [0.1, 0.15) is 23.3 Å². The van der Waals surface area contributed by atoms with Crippen molar-refractivity contribution >= 4 is 27.8 Å². The Morgan fingerprint density at radius 2 is 2.35 bits per heavy atom. The highest BCUT2D eigenvalue weighted by Crippen LogP contribution is 2.46. The van der Waals surface area contributed by atoms with E-state index < -0.39 is 5.41 Å². The topological polar surface area (TPSA) is 84.1 Å². The van der Waals surface area contributed by atoms with Gasteiger partial charge in [-0.2, -0.15) is 5.10 Å². The van der Waals surface area contributed by atoms with E-state index in [-0.39, 0.29) is 17.6 Å². The number of esters is 1. The van der Waals surface area contributed by atoms with Crippen LogP contribution in [0.25, 0.3) is 0 Å². The molecule has 0 bridgehead atoms. The molecule has 0 aliphatic heterocycles. The highest BCUT2D eigenvalue weighted by molar-refractivity contribution is 9.10. The Hall–Kier alpha value is -1.37. The number of aromatic nitrogens is 2. The summed E-state index contributed by atoms with van der Waals surface area (Å²) in [5, 5.41) is 9.10. The molecule has 1 heterocycles. The van der Waals surface area contributed by atoms with Gasteiger partial charge in [-0.05, 0) is 28.8 Å². The maximum Gasteiger partial charge on any atom is 0.313 e. The fourth-order valence-electron chi connectivity index (χ4n) is 1.58. The molecule has 0 saturated heterocycles. The summed E-state index contributed by atoms with van der Waals surface area (Å²) in [4.78, 5) is 23.1. The van der Waals surface area contributed by atoms with Crippen LogP contribution in [0.2, 0.25) is 0 Å². The number of carbonyl (C=O) groups is 2. The van der Waals surface area contributed by atoms with Crippen LogP contribution in [0.3, 0.4) is 0 Å². The molecule has 92 valence electrons. The highest BCUT2D eigenvalue weighted by atomic mass is 79.9. The number of hydrogen-bond acceptors (Lipinski definition) is 4. The quantitative estimate of drug-likeness (QED) is 0.808. The molecule has 1 saturated carbocycles. The molecule has 1 aliphatic rings. The third-order valence-electron chi connectivity index (χ3n) is 2.84. The van der Waals surface area contributed by atoms with Crippen LogP contribution in [-0.2, 0) is 9.53 Å². The van der Waals surface area contributed by atoms with Crippen molar-refractivity contribution in [2.75, 3.05) is 13.7 Å². The highest BCUT2D eigenvalue weighted by Gasteiger charge is 2.51. The van der Waals surface area contributed by atoms with Gasteiger partial charge in [-0.3, -0.25) is 14.7 Å². The van der Waals surface area contributed by atoms with Crippen molar-refractivity contribution in [3.05, 3.63) is 16.4 Å². The second kappa shape index (κ2) is 4.48. The predicted molar refractivity (Wildman–Crippen MR) is 62.3 cm³/mol. The van der Waals surface area contributed by atoms with E-state index in [4.69, 9.17) is 4.74 Å². The number of hydrogen-bond donors (Lipinski definition) is 2. The second-order valence-electron chi connectivity index (χ2n) is 4.06. The van der Waals surface area contributed by atoms with Gasteiger partial charge in [0.2, 0.25) is 0 Å². The van der Waals surface area contributed by atoms with Gasteiger partial charge in [0.25, 0.3) is 5.91 Å². The molecular weight excluding hydrogens is 290 g/mol. The SMILES string of the molecule is COC(=O)C1(CNC(=O)c2cc(Br)[nH]n2)CC1. The predicted octanol–water partition coefficient (Wildman–Crippen LogP) is 0.855. The van der Waals surface area contributed by atoms with Gasteiger partial charge in [-0.1, -0.05) is 0 Å². The first kappa shape index (κ1) is 12.1. The standard InChI is InChI=1S/C10H12BrN3O3/c1-17-9(16)10(2-3-10)5-12-8(15)6-4-7(11)14-13-6/h4H,2-3,5H2,1H3,(H,12,15)(H,13,14). The summed E-state index contributed by atoms with van der Waals surface area (Å²) in [5.41, 5.74) is -0.227. The Morgan fingerprint density at radius 1 is 1.65 bits per heavy atom. The average molecular weight is 302 g/mol. The van der Waals surface area contributed by atoms with Gasteiger partial charge in [0, 0.05) is 12.6 Å². The van der Waals surface area contributed by atoms with E-state index in [1.807, 2.05) is 0 Å². The number of nitrogens with zero attached hydrogens (tertiary/aromatic N) is 1. The first-order chi connectivity index (χ1) is 8.07. The van der Waals surface area contributed by atoms with Crippen molar-refractivity contribution in [3.8, 4) is 0 Å². The maximum absolute atomic E-state index is 11.7. The summed E-state index contributed by atoms with van der Waals surface area (Å²) >= 11 is 3.17. The molecule has 0 radical (unpaired) electrons. The fraction of sp³-hybridized carbons (Fsp3) is 0.500. The number of aromatic amines is 1. The number of amides is 1. The Bertz CT molecular complexity index is 453. The third kappa shape index (κ3) is 2.49. The van der Waals surface area contributed by atoms with Crippen LogP contribution >= 0.6 is 15.9 Å². The lowest BCUT2D eigenvalue weighted by molar-refractivity contribution is -0.146. The van der Waals surface area contributed by atoms with Crippen molar-refractivity contribution in [1.29, 1.82) is 0 Å². The summed E-state index contributed by atoms with van der Waals surface area (Å²) in [6, 6.07) is 1.58. The van der Waals surface area contributed by atoms with Crippen LogP contribution in [-0.4, -0.2) is 35.7 Å². The molecule has 1 amide bonds. The molecule has 17 heavy (non-hydrogen) atoms. The minimum absolute atomic E-state index is 0.263. The molecule has 2 rings (SSSR count). The van der Waals surface area contributed by atoms with Gasteiger partial charge < -0.3 is 10.1 Å². The van der Waals surface area contributed by atoms with Gasteiger partial charge in [0.1, 0.15) is 4.60 Å². The van der Waals surface area contributed by atoms with Gasteiger partial charge in [-0.25, -0.2) is 0 Å². The second-order valence-corrected chi connectivity index (χ2v) is 4.91. The summed E-state index contributed by atoms with van der Waals surface area (Å²) in [7, 11) is 1.36. The smallest absolute Gasteiger partial charge is 0.313 e. The lowest BCUT2D eigenvalue weighted by Crippen LogP contribution is -2.35. The van der Waals surface area contributed by atoms with E-state index in [1.165, 1.54) is 7.11 Å². The number of H-pyrrole nitrogens is 1.